The Hall–Kier alpha value is -2.16. The van der Waals surface area contributed by atoms with Gasteiger partial charge in [0.15, 0.2) is 5.96 Å². The molecular weight excluding hydrogens is 470 g/mol. The van der Waals surface area contributed by atoms with Crippen molar-refractivity contribution in [2.24, 2.45) is 4.99 Å². The first-order chi connectivity index (χ1) is 13.2. The van der Waals surface area contributed by atoms with Gasteiger partial charge < -0.3 is 16.0 Å². The number of nitrogens with one attached hydrogen (secondary N) is 3. The number of carbonyl (C=O) groups excluding carboxylic acids is 1. The van der Waals surface area contributed by atoms with Gasteiger partial charge in [-0.3, -0.25) is 9.79 Å². The number of anilines is 1. The van der Waals surface area contributed by atoms with Gasteiger partial charge in [0, 0.05) is 31.1 Å². The van der Waals surface area contributed by atoms with Crippen LogP contribution in [0.15, 0.2) is 53.5 Å². The molecule has 0 bridgehead atoms. The number of benzene rings is 2. The predicted octanol–water partition coefficient (Wildman–Crippen LogP) is 3.67. The van der Waals surface area contributed by atoms with Crippen LogP contribution in [0.4, 0.5) is 10.1 Å². The van der Waals surface area contributed by atoms with Crippen molar-refractivity contribution in [1.29, 1.82) is 0 Å². The van der Waals surface area contributed by atoms with E-state index in [4.69, 9.17) is 0 Å². The Labute approximate surface area is 182 Å². The molecule has 7 heteroatoms. The summed E-state index contributed by atoms with van der Waals surface area (Å²) in [6.07, 6.45) is 1.22. The van der Waals surface area contributed by atoms with Gasteiger partial charge in [-0.2, -0.15) is 0 Å². The van der Waals surface area contributed by atoms with Gasteiger partial charge in [0.05, 0.1) is 6.54 Å². The SMILES string of the molecule is CCNC(=NCC1CC(=O)Nc2ccccc21)NCCc1ccc(F)cc1.I. The summed E-state index contributed by atoms with van der Waals surface area (Å²) >= 11 is 0. The van der Waals surface area contributed by atoms with Crippen molar-refractivity contribution < 1.29 is 9.18 Å². The van der Waals surface area contributed by atoms with Crippen molar-refractivity contribution >= 4 is 41.5 Å². The molecule has 0 radical (unpaired) electrons. The fourth-order valence-corrected chi connectivity index (χ4v) is 3.18. The number of aliphatic imine (C=N–C) groups is 1. The second kappa shape index (κ2) is 11.0. The van der Waals surface area contributed by atoms with Gasteiger partial charge in [0.25, 0.3) is 0 Å². The van der Waals surface area contributed by atoms with E-state index in [-0.39, 0.29) is 41.6 Å². The van der Waals surface area contributed by atoms with Crippen LogP contribution in [0.3, 0.4) is 0 Å². The van der Waals surface area contributed by atoms with Gasteiger partial charge in [-0.25, -0.2) is 4.39 Å². The molecule has 28 heavy (non-hydrogen) atoms. The Balaban J connectivity index is 0.00000280. The summed E-state index contributed by atoms with van der Waals surface area (Å²) in [5.74, 6) is 0.604. The third kappa shape index (κ3) is 6.19. The molecule has 1 atom stereocenters. The summed E-state index contributed by atoms with van der Waals surface area (Å²) in [5.41, 5.74) is 3.07. The average molecular weight is 496 g/mol. The molecule has 0 saturated heterocycles. The molecule has 1 unspecified atom stereocenters. The Kier molecular flexibility index (Phi) is 8.69. The van der Waals surface area contributed by atoms with E-state index in [1.165, 1.54) is 12.1 Å². The van der Waals surface area contributed by atoms with Gasteiger partial charge in [0.1, 0.15) is 5.82 Å². The van der Waals surface area contributed by atoms with Crippen LogP contribution in [0, 0.1) is 5.82 Å². The summed E-state index contributed by atoms with van der Waals surface area (Å²) in [6, 6.07) is 14.4. The number of hydrogen-bond donors (Lipinski definition) is 3. The number of rotatable bonds is 6. The molecule has 0 spiro atoms. The largest absolute Gasteiger partial charge is 0.357 e. The zero-order valence-electron chi connectivity index (χ0n) is 15.9. The molecule has 1 aliphatic rings. The summed E-state index contributed by atoms with van der Waals surface area (Å²) in [5, 5.41) is 9.45. The van der Waals surface area contributed by atoms with E-state index < -0.39 is 0 Å². The average Bonchev–Trinajstić information content (AvgIpc) is 2.67. The van der Waals surface area contributed by atoms with Crippen LogP contribution >= 0.6 is 24.0 Å². The lowest BCUT2D eigenvalue weighted by Crippen LogP contribution is -2.38. The standard InChI is InChI=1S/C21H25FN4O.HI/c1-2-23-21(24-12-11-15-7-9-17(22)10-8-15)25-14-16-13-20(27)26-19-6-4-3-5-18(16)19;/h3-10,16H,2,11-14H2,1H3,(H,26,27)(H2,23,24,25);1H. The van der Waals surface area contributed by atoms with E-state index in [9.17, 15) is 9.18 Å². The lowest BCUT2D eigenvalue weighted by Gasteiger charge is -2.24. The Morgan fingerprint density at radius 3 is 2.68 bits per heavy atom. The minimum Gasteiger partial charge on any atom is -0.357 e. The van der Waals surface area contributed by atoms with Crippen LogP contribution in [-0.4, -0.2) is 31.5 Å². The second-order valence-electron chi connectivity index (χ2n) is 6.56. The fourth-order valence-electron chi connectivity index (χ4n) is 3.18. The van der Waals surface area contributed by atoms with Gasteiger partial charge in [-0.15, -0.1) is 24.0 Å². The highest BCUT2D eigenvalue weighted by Crippen LogP contribution is 2.31. The molecule has 0 aliphatic carbocycles. The predicted molar refractivity (Wildman–Crippen MR) is 122 cm³/mol. The molecule has 1 heterocycles. The van der Waals surface area contributed by atoms with Crippen molar-refractivity contribution in [1.82, 2.24) is 10.6 Å². The number of hydrogen-bond acceptors (Lipinski definition) is 2. The molecule has 1 aliphatic heterocycles. The molecule has 5 nitrogen and oxygen atoms in total. The highest BCUT2D eigenvalue weighted by Gasteiger charge is 2.24. The smallest absolute Gasteiger partial charge is 0.225 e. The summed E-state index contributed by atoms with van der Waals surface area (Å²) in [6.45, 7) is 4.00. The highest BCUT2D eigenvalue weighted by atomic mass is 127. The maximum atomic E-state index is 13.0. The van der Waals surface area contributed by atoms with E-state index >= 15 is 0 Å². The van der Waals surface area contributed by atoms with Crippen LogP contribution in [0.25, 0.3) is 0 Å². The molecule has 150 valence electrons. The monoisotopic (exact) mass is 496 g/mol. The van der Waals surface area contributed by atoms with E-state index in [1.807, 2.05) is 31.2 Å². The number of amides is 1. The molecule has 2 aromatic rings. The van der Waals surface area contributed by atoms with Crippen LogP contribution in [0.2, 0.25) is 0 Å². The topological polar surface area (TPSA) is 65.5 Å². The zero-order chi connectivity index (χ0) is 19.1. The van der Waals surface area contributed by atoms with Crippen LogP contribution < -0.4 is 16.0 Å². The van der Waals surface area contributed by atoms with Gasteiger partial charge in [-0.1, -0.05) is 30.3 Å². The zero-order valence-corrected chi connectivity index (χ0v) is 18.2. The van der Waals surface area contributed by atoms with Crippen LogP contribution in [0.5, 0.6) is 0 Å². The number of carbonyl (C=O) groups is 1. The van der Waals surface area contributed by atoms with E-state index in [0.29, 0.717) is 19.5 Å². The van der Waals surface area contributed by atoms with Crippen molar-refractivity contribution in [3.05, 3.63) is 65.5 Å². The van der Waals surface area contributed by atoms with Crippen LogP contribution in [-0.2, 0) is 11.2 Å². The fraction of sp³-hybridized carbons (Fsp3) is 0.333. The van der Waals surface area contributed by atoms with E-state index in [2.05, 4.69) is 20.9 Å². The molecule has 1 amide bonds. The first kappa shape index (κ1) is 22.1. The van der Waals surface area contributed by atoms with E-state index in [0.717, 1.165) is 35.7 Å². The van der Waals surface area contributed by atoms with Crippen molar-refractivity contribution in [3.8, 4) is 0 Å². The summed E-state index contributed by atoms with van der Waals surface area (Å²) in [4.78, 5) is 16.6. The van der Waals surface area contributed by atoms with Crippen molar-refractivity contribution in [3.63, 3.8) is 0 Å². The third-order valence-corrected chi connectivity index (χ3v) is 4.54. The number of guanidine groups is 1. The molecular formula is C21H26FIN4O. The second-order valence-corrected chi connectivity index (χ2v) is 6.56. The number of fused-ring (bicyclic) bond motifs is 1. The first-order valence-corrected chi connectivity index (χ1v) is 9.31. The van der Waals surface area contributed by atoms with Gasteiger partial charge in [0.2, 0.25) is 5.91 Å². The van der Waals surface area contributed by atoms with Gasteiger partial charge >= 0.3 is 0 Å². The molecule has 2 aromatic carbocycles. The number of halogens is 2. The molecule has 3 rings (SSSR count). The highest BCUT2D eigenvalue weighted by molar-refractivity contribution is 14.0. The first-order valence-electron chi connectivity index (χ1n) is 9.31. The Morgan fingerprint density at radius 1 is 1.18 bits per heavy atom. The maximum Gasteiger partial charge on any atom is 0.225 e. The van der Waals surface area contributed by atoms with Crippen molar-refractivity contribution in [2.75, 3.05) is 25.0 Å². The normalized spacial score (nSPS) is 15.9. The third-order valence-electron chi connectivity index (χ3n) is 4.54. The number of nitrogens with zero attached hydrogens (tertiary/aromatic N) is 1. The minimum absolute atomic E-state index is 0. The molecule has 3 N–H and O–H groups in total. The quantitative estimate of drug-likeness (QED) is 0.325. The maximum absolute atomic E-state index is 13.0. The minimum atomic E-state index is -0.224. The lowest BCUT2D eigenvalue weighted by molar-refractivity contribution is -0.116. The Bertz CT molecular complexity index is 810. The molecule has 0 saturated carbocycles. The van der Waals surface area contributed by atoms with Crippen molar-refractivity contribution in [2.45, 2.75) is 25.7 Å². The van der Waals surface area contributed by atoms with Gasteiger partial charge in [-0.05, 0) is 42.7 Å². The van der Waals surface area contributed by atoms with E-state index in [1.54, 1.807) is 12.1 Å². The summed E-state index contributed by atoms with van der Waals surface area (Å²) in [7, 11) is 0. The van der Waals surface area contributed by atoms with Crippen LogP contribution in [0.1, 0.15) is 30.4 Å². The summed E-state index contributed by atoms with van der Waals surface area (Å²) < 4.78 is 13.0. The lowest BCUT2D eigenvalue weighted by atomic mass is 9.91. The molecule has 0 fully saturated rings. The number of para-hydroxylation sites is 1. The Morgan fingerprint density at radius 2 is 1.93 bits per heavy atom. The molecule has 0 aromatic heterocycles.